The SMILES string of the molecule is O=S(=O)(N[C@H](CO)[C@H](c1ccc(F)cc1)C(F)(F)F)c1ccc(Cl)s1. The Kier molecular flexibility index (Phi) is 6.10. The first-order valence-corrected chi connectivity index (χ1v) is 9.43. The molecule has 0 bridgehead atoms. The lowest BCUT2D eigenvalue weighted by Gasteiger charge is -2.28. The normalized spacial score (nSPS) is 15.1. The summed E-state index contributed by atoms with van der Waals surface area (Å²) in [6.07, 6.45) is -4.87. The molecule has 1 heterocycles. The Bertz CT molecular complexity index is 821. The predicted octanol–water partition coefficient (Wildman–Crippen LogP) is 3.53. The smallest absolute Gasteiger partial charge is 0.395 e. The molecular formula is C14H12ClF4NO3S2. The first-order chi connectivity index (χ1) is 11.5. The number of hydrogen-bond acceptors (Lipinski definition) is 4. The van der Waals surface area contributed by atoms with Crippen molar-refractivity contribution in [2.75, 3.05) is 6.61 Å². The monoisotopic (exact) mass is 417 g/mol. The molecule has 0 aliphatic heterocycles. The van der Waals surface area contributed by atoms with Crippen LogP contribution in [-0.2, 0) is 10.0 Å². The van der Waals surface area contributed by atoms with E-state index in [4.69, 9.17) is 11.6 Å². The van der Waals surface area contributed by atoms with E-state index in [9.17, 15) is 31.1 Å². The fourth-order valence-electron chi connectivity index (χ4n) is 2.23. The molecule has 1 aromatic carbocycles. The lowest BCUT2D eigenvalue weighted by atomic mass is 9.91. The van der Waals surface area contributed by atoms with Crippen LogP contribution in [0, 0.1) is 5.82 Å². The number of sulfonamides is 1. The molecule has 138 valence electrons. The molecule has 4 nitrogen and oxygen atoms in total. The molecule has 0 unspecified atom stereocenters. The summed E-state index contributed by atoms with van der Waals surface area (Å²) in [5.74, 6) is -3.10. The number of alkyl halides is 3. The molecule has 2 aromatic rings. The van der Waals surface area contributed by atoms with Gasteiger partial charge in [-0.05, 0) is 29.8 Å². The van der Waals surface area contributed by atoms with Gasteiger partial charge in [-0.25, -0.2) is 17.5 Å². The van der Waals surface area contributed by atoms with Crippen LogP contribution in [0.2, 0.25) is 4.34 Å². The minimum atomic E-state index is -4.87. The number of benzene rings is 1. The third-order valence-corrected chi connectivity index (χ3v) is 6.51. The Morgan fingerprint density at radius 2 is 1.76 bits per heavy atom. The van der Waals surface area contributed by atoms with Crippen molar-refractivity contribution in [2.24, 2.45) is 0 Å². The molecule has 0 saturated carbocycles. The minimum absolute atomic E-state index is 0.145. The predicted molar refractivity (Wildman–Crippen MR) is 85.7 cm³/mol. The fourth-order valence-corrected chi connectivity index (χ4v) is 4.97. The molecule has 0 amide bonds. The topological polar surface area (TPSA) is 66.4 Å². The second-order valence-corrected chi connectivity index (χ2v) is 8.70. The minimum Gasteiger partial charge on any atom is -0.395 e. The molecule has 0 spiro atoms. The van der Waals surface area contributed by atoms with Crippen LogP contribution in [0.1, 0.15) is 11.5 Å². The van der Waals surface area contributed by atoms with Crippen molar-refractivity contribution < 1.29 is 31.1 Å². The second kappa shape index (κ2) is 7.58. The van der Waals surface area contributed by atoms with Crippen molar-refractivity contribution in [1.82, 2.24) is 4.72 Å². The van der Waals surface area contributed by atoms with Crippen molar-refractivity contribution in [3.63, 3.8) is 0 Å². The summed E-state index contributed by atoms with van der Waals surface area (Å²) in [7, 11) is -4.32. The van der Waals surface area contributed by atoms with Crippen molar-refractivity contribution in [3.8, 4) is 0 Å². The van der Waals surface area contributed by atoms with Crippen LogP contribution in [0.5, 0.6) is 0 Å². The summed E-state index contributed by atoms with van der Waals surface area (Å²) in [5, 5.41) is 9.37. The summed E-state index contributed by atoms with van der Waals surface area (Å²) in [5.41, 5.74) is -0.375. The number of hydrogen-bond donors (Lipinski definition) is 2. The molecule has 0 aliphatic rings. The van der Waals surface area contributed by atoms with Gasteiger partial charge in [0.05, 0.1) is 22.9 Å². The quantitative estimate of drug-likeness (QED) is 0.707. The fraction of sp³-hybridized carbons (Fsp3) is 0.286. The average Bonchev–Trinajstić information content (AvgIpc) is 2.94. The van der Waals surface area contributed by atoms with E-state index in [1.807, 2.05) is 4.72 Å². The molecule has 0 radical (unpaired) electrons. The molecule has 0 fully saturated rings. The first-order valence-electron chi connectivity index (χ1n) is 6.75. The van der Waals surface area contributed by atoms with E-state index in [1.165, 1.54) is 6.07 Å². The van der Waals surface area contributed by atoms with Crippen LogP contribution < -0.4 is 4.72 Å². The maximum atomic E-state index is 13.5. The van der Waals surface area contributed by atoms with Crippen molar-refractivity contribution in [2.45, 2.75) is 22.3 Å². The van der Waals surface area contributed by atoms with Gasteiger partial charge in [-0.3, -0.25) is 0 Å². The number of aliphatic hydroxyl groups excluding tert-OH is 1. The van der Waals surface area contributed by atoms with Gasteiger partial charge in [0.1, 0.15) is 10.0 Å². The van der Waals surface area contributed by atoms with E-state index in [0.29, 0.717) is 11.3 Å². The summed E-state index contributed by atoms with van der Waals surface area (Å²) >= 11 is 6.31. The number of halogens is 5. The lowest BCUT2D eigenvalue weighted by molar-refractivity contribution is -0.158. The Hall–Kier alpha value is -1.20. The van der Waals surface area contributed by atoms with E-state index in [2.05, 4.69) is 0 Å². The van der Waals surface area contributed by atoms with Gasteiger partial charge in [0.15, 0.2) is 0 Å². The van der Waals surface area contributed by atoms with Crippen LogP contribution in [0.15, 0.2) is 40.6 Å². The van der Waals surface area contributed by atoms with E-state index in [1.54, 1.807) is 0 Å². The summed E-state index contributed by atoms with van der Waals surface area (Å²) < 4.78 is 79.6. The summed E-state index contributed by atoms with van der Waals surface area (Å²) in [4.78, 5) is 0. The summed E-state index contributed by atoms with van der Waals surface area (Å²) in [6, 6.07) is 3.99. The van der Waals surface area contributed by atoms with Crippen molar-refractivity contribution in [1.29, 1.82) is 0 Å². The zero-order chi connectivity index (χ0) is 18.8. The van der Waals surface area contributed by atoms with Crippen LogP contribution in [0.3, 0.4) is 0 Å². The summed E-state index contributed by atoms with van der Waals surface area (Å²) in [6.45, 7) is -1.11. The van der Waals surface area contributed by atoms with Gasteiger partial charge >= 0.3 is 6.18 Å². The van der Waals surface area contributed by atoms with Crippen molar-refractivity contribution >= 4 is 33.0 Å². The molecule has 2 atom stereocenters. The maximum absolute atomic E-state index is 13.5. The highest BCUT2D eigenvalue weighted by atomic mass is 35.5. The Morgan fingerprint density at radius 3 is 2.20 bits per heavy atom. The third-order valence-electron chi connectivity index (χ3n) is 3.30. The zero-order valence-electron chi connectivity index (χ0n) is 12.3. The Balaban J connectivity index is 2.38. The van der Waals surface area contributed by atoms with E-state index < -0.39 is 40.6 Å². The van der Waals surface area contributed by atoms with Gasteiger partial charge in [0.2, 0.25) is 10.0 Å². The van der Waals surface area contributed by atoms with E-state index in [0.717, 1.165) is 30.3 Å². The van der Waals surface area contributed by atoms with E-state index >= 15 is 0 Å². The number of rotatable bonds is 6. The lowest BCUT2D eigenvalue weighted by Crippen LogP contribution is -2.46. The zero-order valence-corrected chi connectivity index (χ0v) is 14.7. The number of aliphatic hydroxyl groups is 1. The Labute approximate surface area is 150 Å². The molecule has 1 aromatic heterocycles. The highest BCUT2D eigenvalue weighted by molar-refractivity contribution is 7.91. The maximum Gasteiger partial charge on any atom is 0.397 e. The average molecular weight is 418 g/mol. The standard InChI is InChI=1S/C14H12ClF4NO3S2/c15-11-5-6-12(24-11)25(22,23)20-10(7-21)13(14(17,18)19)8-1-3-9(16)4-2-8/h1-6,10,13,20-21H,7H2/t10-,13+/m1/s1. The van der Waals surface area contributed by atoms with Gasteiger partial charge < -0.3 is 5.11 Å². The van der Waals surface area contributed by atoms with Crippen LogP contribution in [0.25, 0.3) is 0 Å². The second-order valence-electron chi connectivity index (χ2n) is 5.04. The third kappa shape index (κ3) is 4.91. The van der Waals surface area contributed by atoms with Gasteiger partial charge in [-0.15, -0.1) is 11.3 Å². The largest absolute Gasteiger partial charge is 0.397 e. The van der Waals surface area contributed by atoms with Gasteiger partial charge in [-0.2, -0.15) is 13.2 Å². The molecular weight excluding hydrogens is 406 g/mol. The van der Waals surface area contributed by atoms with Gasteiger partial charge in [0.25, 0.3) is 0 Å². The van der Waals surface area contributed by atoms with Crippen LogP contribution >= 0.6 is 22.9 Å². The number of thiophene rings is 1. The highest BCUT2D eigenvalue weighted by Crippen LogP contribution is 2.38. The van der Waals surface area contributed by atoms with Gasteiger partial charge in [0, 0.05) is 0 Å². The van der Waals surface area contributed by atoms with Crippen molar-refractivity contribution in [3.05, 3.63) is 52.1 Å². The molecule has 25 heavy (non-hydrogen) atoms. The molecule has 2 N–H and O–H groups in total. The highest BCUT2D eigenvalue weighted by Gasteiger charge is 2.47. The first kappa shape index (κ1) is 20.1. The Morgan fingerprint density at radius 1 is 1.16 bits per heavy atom. The van der Waals surface area contributed by atoms with Crippen LogP contribution in [0.4, 0.5) is 17.6 Å². The molecule has 2 rings (SSSR count). The molecule has 11 heteroatoms. The van der Waals surface area contributed by atoms with Gasteiger partial charge in [-0.1, -0.05) is 23.7 Å². The van der Waals surface area contributed by atoms with Crippen LogP contribution in [-0.4, -0.2) is 32.3 Å². The number of nitrogens with one attached hydrogen (secondary N) is 1. The molecule has 0 aliphatic carbocycles. The molecule has 0 saturated heterocycles. The van der Waals surface area contributed by atoms with E-state index in [-0.39, 0.29) is 14.1 Å².